The molecule has 0 N–H and O–H groups in total. The van der Waals surface area contributed by atoms with Crippen LogP contribution in [-0.2, 0) is 15.8 Å². The molecule has 0 radical (unpaired) electrons. The standard InChI is InChI=1S/C28H40O7Si/c1-11-12-32-18(2)20-14-22-23(34-17-33-22)15-21(20)25-19(16-35-36(9,10)28(3,4)5)13-24(29-6)26(30-7)27(25)31-8/h11,13-15,18H,1,12,16-17H2,2-10H3. The van der Waals surface area contributed by atoms with Crippen LogP contribution in [0.2, 0.25) is 18.1 Å². The third-order valence-corrected chi connectivity index (χ3v) is 11.5. The number of benzene rings is 2. The highest BCUT2D eigenvalue weighted by molar-refractivity contribution is 6.74. The third kappa shape index (κ3) is 5.50. The van der Waals surface area contributed by atoms with E-state index >= 15 is 0 Å². The Morgan fingerprint density at radius 3 is 2.19 bits per heavy atom. The maximum absolute atomic E-state index is 6.66. The van der Waals surface area contributed by atoms with Gasteiger partial charge in [-0.15, -0.1) is 6.58 Å². The van der Waals surface area contributed by atoms with Gasteiger partial charge in [0.1, 0.15) is 0 Å². The van der Waals surface area contributed by atoms with Gasteiger partial charge < -0.3 is 32.8 Å². The van der Waals surface area contributed by atoms with Crippen molar-refractivity contribution in [3.8, 4) is 39.9 Å². The second kappa shape index (κ2) is 11.1. The van der Waals surface area contributed by atoms with E-state index in [0.29, 0.717) is 42.0 Å². The van der Waals surface area contributed by atoms with Crippen molar-refractivity contribution < 1.29 is 32.8 Å². The predicted octanol–water partition coefficient (Wildman–Crippen LogP) is 6.89. The Bertz CT molecular complexity index is 1090. The summed E-state index contributed by atoms with van der Waals surface area (Å²) in [5.74, 6) is 2.99. The van der Waals surface area contributed by atoms with Crippen LogP contribution >= 0.6 is 0 Å². The molecule has 0 aliphatic carbocycles. The molecule has 0 fully saturated rings. The van der Waals surface area contributed by atoms with E-state index in [-0.39, 0.29) is 17.9 Å². The molecule has 7 nitrogen and oxygen atoms in total. The molecule has 0 amide bonds. The summed E-state index contributed by atoms with van der Waals surface area (Å²) in [6.45, 7) is 17.9. The summed E-state index contributed by atoms with van der Waals surface area (Å²) < 4.78 is 41.5. The van der Waals surface area contributed by atoms with Gasteiger partial charge >= 0.3 is 0 Å². The van der Waals surface area contributed by atoms with Gasteiger partial charge in [0.15, 0.2) is 31.3 Å². The van der Waals surface area contributed by atoms with Crippen LogP contribution in [0.25, 0.3) is 11.1 Å². The molecule has 8 heteroatoms. The fourth-order valence-electron chi connectivity index (χ4n) is 3.90. The Balaban J connectivity index is 2.28. The lowest BCUT2D eigenvalue weighted by Gasteiger charge is -2.36. The van der Waals surface area contributed by atoms with Crippen molar-refractivity contribution in [2.24, 2.45) is 0 Å². The van der Waals surface area contributed by atoms with Gasteiger partial charge in [0.05, 0.1) is 40.6 Å². The molecule has 198 valence electrons. The molecule has 2 aromatic carbocycles. The summed E-state index contributed by atoms with van der Waals surface area (Å²) in [6, 6.07) is 5.92. The van der Waals surface area contributed by atoms with Crippen molar-refractivity contribution >= 4 is 8.32 Å². The van der Waals surface area contributed by atoms with E-state index in [0.717, 1.165) is 22.3 Å². The van der Waals surface area contributed by atoms with Gasteiger partial charge in [0.2, 0.25) is 12.5 Å². The Morgan fingerprint density at radius 2 is 1.64 bits per heavy atom. The van der Waals surface area contributed by atoms with Crippen LogP contribution < -0.4 is 23.7 Å². The maximum atomic E-state index is 6.66. The molecule has 0 aromatic heterocycles. The molecule has 1 unspecified atom stereocenters. The summed E-state index contributed by atoms with van der Waals surface area (Å²) in [5.41, 5.74) is 3.59. The third-order valence-electron chi connectivity index (χ3n) is 7.02. The quantitative estimate of drug-likeness (QED) is 0.238. The summed E-state index contributed by atoms with van der Waals surface area (Å²) in [5, 5.41) is 0.0603. The van der Waals surface area contributed by atoms with Crippen LogP contribution in [0.5, 0.6) is 28.7 Å². The fraction of sp³-hybridized carbons (Fsp3) is 0.500. The van der Waals surface area contributed by atoms with Crippen LogP contribution in [-0.4, -0.2) is 43.0 Å². The SMILES string of the molecule is C=CCOC(C)c1cc2c(cc1-c1c(CO[Si](C)(C)C(C)(C)C)cc(OC)c(OC)c1OC)OCO2. The fourth-order valence-corrected chi connectivity index (χ4v) is 4.85. The first-order valence-electron chi connectivity index (χ1n) is 12.1. The van der Waals surface area contributed by atoms with Gasteiger partial charge in [-0.2, -0.15) is 0 Å². The van der Waals surface area contributed by atoms with Crippen LogP contribution in [0.15, 0.2) is 30.9 Å². The molecule has 0 spiro atoms. The van der Waals surface area contributed by atoms with Crippen molar-refractivity contribution in [3.05, 3.63) is 42.0 Å². The molecule has 36 heavy (non-hydrogen) atoms. The first-order valence-corrected chi connectivity index (χ1v) is 15.0. The van der Waals surface area contributed by atoms with Gasteiger partial charge in [-0.1, -0.05) is 26.8 Å². The lowest BCUT2D eigenvalue weighted by Crippen LogP contribution is -2.40. The van der Waals surface area contributed by atoms with Gasteiger partial charge in [0.25, 0.3) is 0 Å². The zero-order chi connectivity index (χ0) is 26.7. The topological polar surface area (TPSA) is 64.6 Å². The van der Waals surface area contributed by atoms with E-state index in [9.17, 15) is 0 Å². The maximum Gasteiger partial charge on any atom is 0.231 e. The van der Waals surface area contributed by atoms with E-state index < -0.39 is 8.32 Å². The Kier molecular flexibility index (Phi) is 8.64. The second-order valence-corrected chi connectivity index (χ2v) is 15.1. The highest BCUT2D eigenvalue weighted by Gasteiger charge is 2.38. The Labute approximate surface area is 216 Å². The normalized spacial score (nSPS) is 13.9. The molecular weight excluding hydrogens is 476 g/mol. The minimum Gasteiger partial charge on any atom is -0.493 e. The lowest BCUT2D eigenvalue weighted by molar-refractivity contribution is 0.0889. The van der Waals surface area contributed by atoms with Crippen LogP contribution in [0.4, 0.5) is 0 Å². The van der Waals surface area contributed by atoms with Gasteiger partial charge in [-0.3, -0.25) is 0 Å². The Hall–Kier alpha value is -2.68. The molecule has 0 saturated heterocycles. The van der Waals surface area contributed by atoms with Gasteiger partial charge in [-0.05, 0) is 59.9 Å². The summed E-state index contributed by atoms with van der Waals surface area (Å²) in [6.07, 6.45) is 1.48. The first-order chi connectivity index (χ1) is 17.0. The largest absolute Gasteiger partial charge is 0.493 e. The molecule has 1 aliphatic rings. The minimum atomic E-state index is -2.05. The van der Waals surface area contributed by atoms with Crippen molar-refractivity contribution in [3.63, 3.8) is 0 Å². The minimum absolute atomic E-state index is 0.0603. The molecule has 0 saturated carbocycles. The van der Waals surface area contributed by atoms with E-state index in [1.165, 1.54) is 0 Å². The van der Waals surface area contributed by atoms with Crippen LogP contribution in [0.1, 0.15) is 44.9 Å². The number of rotatable bonds is 11. The summed E-state index contributed by atoms with van der Waals surface area (Å²) in [4.78, 5) is 0. The number of hydrogen-bond acceptors (Lipinski definition) is 7. The summed E-state index contributed by atoms with van der Waals surface area (Å²) >= 11 is 0. The zero-order valence-electron chi connectivity index (χ0n) is 23.1. The van der Waals surface area contributed by atoms with Gasteiger partial charge in [-0.25, -0.2) is 0 Å². The monoisotopic (exact) mass is 516 g/mol. The van der Waals surface area contributed by atoms with Crippen molar-refractivity contribution in [1.82, 2.24) is 0 Å². The van der Waals surface area contributed by atoms with E-state index in [4.69, 9.17) is 32.8 Å². The molecule has 1 atom stereocenters. The van der Waals surface area contributed by atoms with Crippen molar-refractivity contribution in [2.75, 3.05) is 34.7 Å². The predicted molar refractivity (Wildman–Crippen MR) is 144 cm³/mol. The Morgan fingerprint density at radius 1 is 1.00 bits per heavy atom. The average Bonchev–Trinajstić information content (AvgIpc) is 3.30. The van der Waals surface area contributed by atoms with Crippen molar-refractivity contribution in [1.29, 1.82) is 0 Å². The molecular formula is C28H40O7Si. The molecule has 1 heterocycles. The van der Waals surface area contributed by atoms with E-state index in [1.54, 1.807) is 27.4 Å². The second-order valence-electron chi connectivity index (χ2n) is 10.3. The van der Waals surface area contributed by atoms with Crippen molar-refractivity contribution in [2.45, 2.75) is 58.5 Å². The highest BCUT2D eigenvalue weighted by Crippen LogP contribution is 2.51. The number of hydrogen-bond donors (Lipinski definition) is 0. The first kappa shape index (κ1) is 27.9. The average molecular weight is 517 g/mol. The highest BCUT2D eigenvalue weighted by atomic mass is 28.4. The number of methoxy groups -OCH3 is 3. The summed E-state index contributed by atoms with van der Waals surface area (Å²) in [7, 11) is 2.80. The number of fused-ring (bicyclic) bond motifs is 1. The van der Waals surface area contributed by atoms with Crippen LogP contribution in [0.3, 0.4) is 0 Å². The molecule has 3 rings (SSSR count). The van der Waals surface area contributed by atoms with E-state index in [2.05, 4.69) is 40.4 Å². The molecule has 2 aromatic rings. The molecule has 0 bridgehead atoms. The van der Waals surface area contributed by atoms with Crippen LogP contribution in [0, 0.1) is 0 Å². The smallest absolute Gasteiger partial charge is 0.231 e. The zero-order valence-corrected chi connectivity index (χ0v) is 24.1. The van der Waals surface area contributed by atoms with Gasteiger partial charge in [0, 0.05) is 5.56 Å². The van der Waals surface area contributed by atoms with E-state index in [1.807, 2.05) is 25.1 Å². The lowest BCUT2D eigenvalue weighted by atomic mass is 9.91. The number of ether oxygens (including phenoxy) is 6. The molecule has 1 aliphatic heterocycles.